The number of nitrogens with zero attached hydrogens (tertiary/aromatic N) is 6. The first-order valence-corrected chi connectivity index (χ1v) is 6.77. The van der Waals surface area contributed by atoms with Crippen LogP contribution in [0.2, 0.25) is 10.3 Å². The Morgan fingerprint density at radius 1 is 1.47 bits per heavy atom. The summed E-state index contributed by atoms with van der Waals surface area (Å²) in [4.78, 5) is 23.9. The molecule has 2 heterocycles. The highest BCUT2D eigenvalue weighted by molar-refractivity contribution is 9.10. The van der Waals surface area contributed by atoms with Gasteiger partial charge in [-0.15, -0.1) is 0 Å². The minimum absolute atomic E-state index is 0.0480. The summed E-state index contributed by atoms with van der Waals surface area (Å²) in [6.45, 7) is 0.642. The summed E-state index contributed by atoms with van der Waals surface area (Å²) in [5.41, 5.74) is 8.27. The number of carbonyl (C=O) groups excluding carboxylic acids is 1. The summed E-state index contributed by atoms with van der Waals surface area (Å²) in [5, 5.41) is 3.75. The summed E-state index contributed by atoms with van der Waals surface area (Å²) < 4.78 is 0.386. The molecule has 0 aliphatic carbocycles. The first-order chi connectivity index (χ1) is 9.02. The predicted octanol–water partition coefficient (Wildman–Crippen LogP) is 3.21. The second-order valence-electron chi connectivity index (χ2n) is 3.91. The van der Waals surface area contributed by atoms with Crippen molar-refractivity contribution >= 4 is 51.0 Å². The maximum atomic E-state index is 11.9. The monoisotopic (exact) mass is 364 g/mol. The van der Waals surface area contributed by atoms with Gasteiger partial charge in [-0.1, -0.05) is 28.3 Å². The fourth-order valence-corrected chi connectivity index (χ4v) is 2.31. The van der Waals surface area contributed by atoms with Gasteiger partial charge in [-0.05, 0) is 27.4 Å². The van der Waals surface area contributed by atoms with E-state index in [1.54, 1.807) is 0 Å². The van der Waals surface area contributed by atoms with Crippen LogP contribution < -0.4 is 4.90 Å². The van der Waals surface area contributed by atoms with Gasteiger partial charge in [-0.2, -0.15) is 9.97 Å². The van der Waals surface area contributed by atoms with Crippen molar-refractivity contribution in [3.63, 3.8) is 0 Å². The van der Waals surface area contributed by atoms with Gasteiger partial charge in [0.2, 0.25) is 11.9 Å². The number of hydrogen-bond acceptors (Lipinski definition) is 4. The molecule has 10 heteroatoms. The van der Waals surface area contributed by atoms with Crippen LogP contribution in [0.1, 0.15) is 6.42 Å². The van der Waals surface area contributed by atoms with Crippen molar-refractivity contribution in [2.45, 2.75) is 6.42 Å². The number of halogens is 3. The lowest BCUT2D eigenvalue weighted by molar-refractivity contribution is -0.117. The molecule has 1 atom stereocenters. The van der Waals surface area contributed by atoms with E-state index >= 15 is 0 Å². The van der Waals surface area contributed by atoms with Gasteiger partial charge in [-0.25, -0.2) is 0 Å². The van der Waals surface area contributed by atoms with Crippen molar-refractivity contribution in [2.75, 3.05) is 18.0 Å². The highest BCUT2D eigenvalue weighted by Gasteiger charge is 2.32. The minimum atomic E-state index is -0.146. The summed E-state index contributed by atoms with van der Waals surface area (Å²) in [6, 6.07) is 0. The average molecular weight is 366 g/mol. The molecule has 1 aromatic heterocycles. The van der Waals surface area contributed by atoms with E-state index in [2.05, 4.69) is 35.9 Å². The Labute approximate surface area is 126 Å². The number of amides is 1. The molecule has 7 nitrogen and oxygen atoms in total. The fraction of sp³-hybridized carbons (Fsp3) is 0.444. The van der Waals surface area contributed by atoms with Crippen LogP contribution in [-0.4, -0.2) is 29.0 Å². The molecule has 1 amide bonds. The van der Waals surface area contributed by atoms with Crippen LogP contribution in [0.4, 0.5) is 5.95 Å². The SMILES string of the molecule is [N-]=[N+]=NCC1CC(=O)N(c2nc(Cl)c(Br)c(Cl)n2)C1. The first-order valence-electron chi connectivity index (χ1n) is 5.22. The fourth-order valence-electron chi connectivity index (χ4n) is 1.75. The van der Waals surface area contributed by atoms with Gasteiger partial charge in [-0.3, -0.25) is 9.69 Å². The Morgan fingerprint density at radius 2 is 2.11 bits per heavy atom. The molecule has 19 heavy (non-hydrogen) atoms. The maximum absolute atomic E-state index is 11.9. The van der Waals surface area contributed by atoms with Gasteiger partial charge in [0, 0.05) is 24.4 Å². The molecular weight excluding hydrogens is 359 g/mol. The average Bonchev–Trinajstić information content (AvgIpc) is 2.74. The molecule has 0 radical (unpaired) electrons. The minimum Gasteiger partial charge on any atom is -0.280 e. The van der Waals surface area contributed by atoms with Crippen LogP contribution in [0.3, 0.4) is 0 Å². The van der Waals surface area contributed by atoms with Gasteiger partial charge in [0.1, 0.15) is 10.3 Å². The van der Waals surface area contributed by atoms with Crippen LogP contribution in [0.15, 0.2) is 9.59 Å². The maximum Gasteiger partial charge on any atom is 0.235 e. The Hall–Kier alpha value is -1.08. The lowest BCUT2D eigenvalue weighted by Crippen LogP contribution is -2.27. The van der Waals surface area contributed by atoms with Crippen LogP contribution in [0, 0.1) is 5.92 Å². The molecule has 0 aromatic carbocycles. The second kappa shape index (κ2) is 5.92. The van der Waals surface area contributed by atoms with E-state index in [1.807, 2.05) is 0 Å². The van der Waals surface area contributed by atoms with Gasteiger partial charge in [0.25, 0.3) is 0 Å². The molecule has 1 saturated heterocycles. The largest absolute Gasteiger partial charge is 0.280 e. The van der Waals surface area contributed by atoms with Crippen molar-refractivity contribution in [3.05, 3.63) is 25.2 Å². The third-order valence-corrected chi connectivity index (χ3v) is 4.36. The van der Waals surface area contributed by atoms with Crippen molar-refractivity contribution in [1.29, 1.82) is 0 Å². The zero-order valence-electron chi connectivity index (χ0n) is 9.42. The van der Waals surface area contributed by atoms with E-state index in [9.17, 15) is 4.79 Å². The van der Waals surface area contributed by atoms with Crippen LogP contribution in [-0.2, 0) is 4.79 Å². The third-order valence-electron chi connectivity index (χ3n) is 2.61. The zero-order valence-corrected chi connectivity index (χ0v) is 12.5. The van der Waals surface area contributed by atoms with E-state index in [4.69, 9.17) is 28.7 Å². The van der Waals surface area contributed by atoms with Crippen molar-refractivity contribution < 1.29 is 4.79 Å². The van der Waals surface area contributed by atoms with Crippen molar-refractivity contribution in [2.24, 2.45) is 11.0 Å². The van der Waals surface area contributed by atoms with Crippen molar-refractivity contribution in [3.8, 4) is 0 Å². The molecule has 1 aliphatic heterocycles. The Balaban J connectivity index is 2.23. The topological polar surface area (TPSA) is 94.9 Å². The third kappa shape index (κ3) is 3.09. The zero-order chi connectivity index (χ0) is 14.0. The molecule has 2 rings (SSSR count). The van der Waals surface area contributed by atoms with Crippen LogP contribution in [0.5, 0.6) is 0 Å². The number of hydrogen-bond donors (Lipinski definition) is 0. The summed E-state index contributed by atoms with van der Waals surface area (Å²) in [7, 11) is 0. The molecule has 100 valence electrons. The molecule has 1 aromatic rings. The highest BCUT2D eigenvalue weighted by Crippen LogP contribution is 2.31. The molecule has 0 spiro atoms. The highest BCUT2D eigenvalue weighted by atomic mass is 79.9. The predicted molar refractivity (Wildman–Crippen MR) is 74.2 cm³/mol. The van der Waals surface area contributed by atoms with Gasteiger partial charge in [0.15, 0.2) is 0 Å². The molecule has 1 fully saturated rings. The van der Waals surface area contributed by atoms with Crippen molar-refractivity contribution in [1.82, 2.24) is 9.97 Å². The Kier molecular flexibility index (Phi) is 4.46. The van der Waals surface area contributed by atoms with E-state index in [1.165, 1.54) is 4.90 Å². The lowest BCUT2D eigenvalue weighted by Gasteiger charge is -2.14. The van der Waals surface area contributed by atoms with E-state index in [-0.39, 0.29) is 41.0 Å². The quantitative estimate of drug-likeness (QED) is 0.356. The smallest absolute Gasteiger partial charge is 0.235 e. The number of azide groups is 1. The number of anilines is 1. The van der Waals surface area contributed by atoms with Gasteiger partial charge >= 0.3 is 0 Å². The molecule has 0 bridgehead atoms. The molecular formula is C9H7BrCl2N6O. The first kappa shape index (κ1) is 14.3. The second-order valence-corrected chi connectivity index (χ2v) is 5.42. The van der Waals surface area contributed by atoms with Crippen LogP contribution >= 0.6 is 39.1 Å². The van der Waals surface area contributed by atoms with Gasteiger partial charge in [0.05, 0.1) is 4.47 Å². The normalized spacial score (nSPS) is 18.6. The number of carbonyl (C=O) groups is 1. The molecule has 1 aliphatic rings. The van der Waals surface area contributed by atoms with E-state index < -0.39 is 0 Å². The summed E-state index contributed by atoms with van der Waals surface area (Å²) in [6.07, 6.45) is 0.285. The Morgan fingerprint density at radius 3 is 2.68 bits per heavy atom. The standard InChI is InChI=1S/C9H7BrCl2N6O/c10-6-7(11)15-9(16-8(6)12)18-3-4(1-5(18)19)2-14-17-13/h4H,1-3H2. The number of aromatic nitrogens is 2. The summed E-state index contributed by atoms with van der Waals surface area (Å²) >= 11 is 14.9. The van der Waals surface area contributed by atoms with Crippen LogP contribution in [0.25, 0.3) is 10.4 Å². The number of rotatable bonds is 3. The molecule has 0 N–H and O–H groups in total. The van der Waals surface area contributed by atoms with Gasteiger partial charge < -0.3 is 0 Å². The Bertz CT molecular complexity index is 553. The lowest BCUT2D eigenvalue weighted by atomic mass is 10.1. The summed E-state index contributed by atoms with van der Waals surface area (Å²) in [5.74, 6) is -0.0348. The van der Waals surface area contributed by atoms with E-state index in [0.717, 1.165) is 0 Å². The molecule has 0 saturated carbocycles. The van der Waals surface area contributed by atoms with E-state index in [0.29, 0.717) is 11.0 Å². The molecule has 1 unspecified atom stereocenters.